The average molecular weight is 376 g/mol. The number of likely N-dealkylation sites (tertiary alicyclic amines) is 1. The number of anilines is 1. The Kier molecular flexibility index (Phi) is 5.84. The van der Waals surface area contributed by atoms with Crippen LogP contribution in [0, 0.1) is 0 Å². The number of likely N-dealkylation sites (N-methyl/N-ethyl adjacent to an activating group) is 1. The van der Waals surface area contributed by atoms with Gasteiger partial charge in [-0.25, -0.2) is 9.97 Å². The van der Waals surface area contributed by atoms with Gasteiger partial charge in [0.2, 0.25) is 0 Å². The highest BCUT2D eigenvalue weighted by Crippen LogP contribution is 2.26. The van der Waals surface area contributed by atoms with Crippen LogP contribution in [0.4, 0.5) is 5.82 Å². The van der Waals surface area contributed by atoms with Gasteiger partial charge in [-0.1, -0.05) is 42.5 Å². The SMILES string of the molecule is CN1CCC(N(C)CC(Nc2ncnc3ccccc23)c2ccccc2)CC1. The van der Waals surface area contributed by atoms with E-state index in [1.165, 1.54) is 31.5 Å². The van der Waals surface area contributed by atoms with Gasteiger partial charge in [-0.3, -0.25) is 0 Å². The maximum Gasteiger partial charge on any atom is 0.137 e. The van der Waals surface area contributed by atoms with E-state index in [0.29, 0.717) is 6.04 Å². The van der Waals surface area contributed by atoms with Gasteiger partial charge in [-0.05, 0) is 57.7 Å². The average Bonchev–Trinajstić information content (AvgIpc) is 2.74. The third-order valence-electron chi connectivity index (χ3n) is 5.84. The molecular formula is C23H29N5. The molecule has 0 radical (unpaired) electrons. The number of aromatic nitrogens is 2. The molecule has 1 aromatic heterocycles. The topological polar surface area (TPSA) is 44.3 Å². The van der Waals surface area contributed by atoms with Gasteiger partial charge in [0.05, 0.1) is 11.6 Å². The van der Waals surface area contributed by atoms with Crippen molar-refractivity contribution in [1.82, 2.24) is 19.8 Å². The van der Waals surface area contributed by atoms with Crippen molar-refractivity contribution >= 4 is 16.7 Å². The number of nitrogens with one attached hydrogen (secondary N) is 1. The third-order valence-corrected chi connectivity index (χ3v) is 5.84. The number of fused-ring (bicyclic) bond motifs is 1. The molecule has 1 atom stereocenters. The summed E-state index contributed by atoms with van der Waals surface area (Å²) in [6, 6.07) is 19.7. The Bertz CT molecular complexity index is 884. The van der Waals surface area contributed by atoms with Crippen LogP contribution in [0.3, 0.4) is 0 Å². The van der Waals surface area contributed by atoms with Crippen LogP contribution in [-0.2, 0) is 0 Å². The molecule has 5 heteroatoms. The highest BCUT2D eigenvalue weighted by molar-refractivity contribution is 5.88. The molecule has 0 amide bonds. The summed E-state index contributed by atoms with van der Waals surface area (Å²) in [5.74, 6) is 0.899. The minimum Gasteiger partial charge on any atom is -0.361 e. The fourth-order valence-corrected chi connectivity index (χ4v) is 4.08. The summed E-state index contributed by atoms with van der Waals surface area (Å²) >= 11 is 0. The molecule has 2 aromatic carbocycles. The maximum absolute atomic E-state index is 4.55. The molecule has 4 rings (SSSR count). The van der Waals surface area contributed by atoms with Crippen LogP contribution in [-0.4, -0.2) is 59.5 Å². The lowest BCUT2D eigenvalue weighted by atomic mass is 10.0. The predicted octanol–water partition coefficient (Wildman–Crippen LogP) is 3.81. The number of rotatable bonds is 6. The van der Waals surface area contributed by atoms with E-state index in [1.807, 2.05) is 18.2 Å². The van der Waals surface area contributed by atoms with Gasteiger partial charge in [0, 0.05) is 18.0 Å². The highest BCUT2D eigenvalue weighted by Gasteiger charge is 2.24. The zero-order valence-electron chi connectivity index (χ0n) is 16.8. The molecule has 1 unspecified atom stereocenters. The van der Waals surface area contributed by atoms with Gasteiger partial charge in [-0.15, -0.1) is 0 Å². The fourth-order valence-electron chi connectivity index (χ4n) is 4.08. The largest absolute Gasteiger partial charge is 0.361 e. The Balaban J connectivity index is 1.57. The normalized spacial score (nSPS) is 17.1. The summed E-state index contributed by atoms with van der Waals surface area (Å²) < 4.78 is 0. The first-order valence-corrected chi connectivity index (χ1v) is 10.1. The Hall–Kier alpha value is -2.50. The summed E-state index contributed by atoms with van der Waals surface area (Å²) in [7, 11) is 4.47. The van der Waals surface area contributed by atoms with Crippen molar-refractivity contribution in [1.29, 1.82) is 0 Å². The van der Waals surface area contributed by atoms with Crippen molar-refractivity contribution in [3.8, 4) is 0 Å². The first kappa shape index (κ1) is 18.8. The summed E-state index contributed by atoms with van der Waals surface area (Å²) in [6.45, 7) is 3.29. The van der Waals surface area contributed by atoms with E-state index in [-0.39, 0.29) is 6.04 Å². The van der Waals surface area contributed by atoms with Crippen molar-refractivity contribution in [3.05, 3.63) is 66.5 Å². The number of piperidine rings is 1. The lowest BCUT2D eigenvalue weighted by Crippen LogP contribution is -2.44. The van der Waals surface area contributed by atoms with Crippen molar-refractivity contribution in [3.63, 3.8) is 0 Å². The molecule has 1 aliphatic rings. The van der Waals surface area contributed by atoms with Gasteiger partial charge in [-0.2, -0.15) is 0 Å². The molecule has 0 bridgehead atoms. The van der Waals surface area contributed by atoms with Crippen LogP contribution in [0.1, 0.15) is 24.4 Å². The van der Waals surface area contributed by atoms with E-state index < -0.39 is 0 Å². The molecule has 1 saturated heterocycles. The van der Waals surface area contributed by atoms with E-state index in [1.54, 1.807) is 6.33 Å². The molecule has 146 valence electrons. The van der Waals surface area contributed by atoms with Crippen LogP contribution in [0.2, 0.25) is 0 Å². The fraction of sp³-hybridized carbons (Fsp3) is 0.391. The smallest absolute Gasteiger partial charge is 0.137 e. The molecular weight excluding hydrogens is 346 g/mol. The standard InChI is InChI=1S/C23H29N5/c1-27-14-12-19(13-15-27)28(2)16-22(18-8-4-3-5-9-18)26-23-20-10-6-7-11-21(20)24-17-25-23/h3-11,17,19,22H,12-16H2,1-2H3,(H,24,25,26). The summed E-state index contributed by atoms with van der Waals surface area (Å²) in [4.78, 5) is 13.9. The van der Waals surface area contributed by atoms with E-state index in [2.05, 4.69) is 75.6 Å². The second-order valence-corrected chi connectivity index (χ2v) is 7.82. The monoisotopic (exact) mass is 375 g/mol. The minimum absolute atomic E-state index is 0.171. The van der Waals surface area contributed by atoms with Crippen molar-refractivity contribution in [2.24, 2.45) is 0 Å². The van der Waals surface area contributed by atoms with E-state index in [9.17, 15) is 0 Å². The number of hydrogen-bond acceptors (Lipinski definition) is 5. The molecule has 0 saturated carbocycles. The van der Waals surface area contributed by atoms with E-state index in [4.69, 9.17) is 0 Å². The van der Waals surface area contributed by atoms with E-state index >= 15 is 0 Å². The molecule has 1 N–H and O–H groups in total. The Labute approximate surface area is 167 Å². The lowest BCUT2D eigenvalue weighted by molar-refractivity contribution is 0.140. The van der Waals surface area contributed by atoms with E-state index in [0.717, 1.165) is 23.3 Å². The number of benzene rings is 2. The van der Waals surface area contributed by atoms with Crippen LogP contribution in [0.15, 0.2) is 60.9 Å². The summed E-state index contributed by atoms with van der Waals surface area (Å²) in [5.41, 5.74) is 2.25. The zero-order valence-corrected chi connectivity index (χ0v) is 16.8. The first-order chi connectivity index (χ1) is 13.7. The number of para-hydroxylation sites is 1. The quantitative estimate of drug-likeness (QED) is 0.710. The van der Waals surface area contributed by atoms with Crippen molar-refractivity contribution in [2.45, 2.75) is 24.9 Å². The molecule has 0 spiro atoms. The highest BCUT2D eigenvalue weighted by atomic mass is 15.2. The van der Waals surface area contributed by atoms with Crippen molar-refractivity contribution < 1.29 is 0 Å². The molecule has 3 aromatic rings. The summed E-state index contributed by atoms with van der Waals surface area (Å²) in [5, 5.41) is 4.78. The van der Waals surface area contributed by atoms with Crippen molar-refractivity contribution in [2.75, 3.05) is 39.0 Å². The third kappa shape index (κ3) is 4.32. The van der Waals surface area contributed by atoms with Gasteiger partial charge in [0.1, 0.15) is 12.1 Å². The van der Waals surface area contributed by atoms with Crippen LogP contribution >= 0.6 is 0 Å². The predicted molar refractivity (Wildman–Crippen MR) is 115 cm³/mol. The van der Waals surface area contributed by atoms with Gasteiger partial charge in [0.15, 0.2) is 0 Å². The summed E-state index contributed by atoms with van der Waals surface area (Å²) in [6.07, 6.45) is 4.10. The minimum atomic E-state index is 0.171. The van der Waals surface area contributed by atoms with Crippen LogP contribution in [0.25, 0.3) is 10.9 Å². The Morgan fingerprint density at radius 1 is 1.04 bits per heavy atom. The lowest BCUT2D eigenvalue weighted by Gasteiger charge is -2.37. The molecule has 1 fully saturated rings. The molecule has 2 heterocycles. The van der Waals surface area contributed by atoms with Crippen LogP contribution < -0.4 is 5.32 Å². The molecule has 1 aliphatic heterocycles. The second-order valence-electron chi connectivity index (χ2n) is 7.82. The van der Waals surface area contributed by atoms with Gasteiger partial charge in [0.25, 0.3) is 0 Å². The number of hydrogen-bond donors (Lipinski definition) is 1. The Morgan fingerprint density at radius 2 is 1.75 bits per heavy atom. The van der Waals surface area contributed by atoms with Crippen LogP contribution in [0.5, 0.6) is 0 Å². The number of nitrogens with zero attached hydrogens (tertiary/aromatic N) is 4. The molecule has 28 heavy (non-hydrogen) atoms. The molecule has 0 aliphatic carbocycles. The molecule has 5 nitrogen and oxygen atoms in total. The first-order valence-electron chi connectivity index (χ1n) is 10.1. The maximum atomic E-state index is 4.55. The zero-order chi connectivity index (χ0) is 19.3. The Morgan fingerprint density at radius 3 is 2.54 bits per heavy atom. The second kappa shape index (κ2) is 8.67. The van der Waals surface area contributed by atoms with Gasteiger partial charge < -0.3 is 15.1 Å². The van der Waals surface area contributed by atoms with Gasteiger partial charge >= 0.3 is 0 Å².